The third kappa shape index (κ3) is 3.72. The van der Waals surface area contributed by atoms with Gasteiger partial charge in [-0.3, -0.25) is 24.7 Å². The Morgan fingerprint density at radius 3 is 2.71 bits per heavy atom. The first-order chi connectivity index (χ1) is 8.04. The van der Waals surface area contributed by atoms with Crippen molar-refractivity contribution in [1.29, 1.82) is 0 Å². The molecular weight excluding hydrogens is 224 g/mol. The second kappa shape index (κ2) is 5.80. The van der Waals surface area contributed by atoms with Gasteiger partial charge in [-0.15, -0.1) is 0 Å². The Balaban J connectivity index is 2.45. The van der Waals surface area contributed by atoms with Crippen molar-refractivity contribution in [1.82, 2.24) is 15.3 Å². The quantitative estimate of drug-likeness (QED) is 0.369. The second-order valence-electron chi connectivity index (χ2n) is 3.35. The number of imide groups is 1. The molecule has 1 aromatic rings. The van der Waals surface area contributed by atoms with Gasteiger partial charge in [0.2, 0.25) is 11.8 Å². The monoisotopic (exact) mass is 238 g/mol. The molecule has 7 heteroatoms. The summed E-state index contributed by atoms with van der Waals surface area (Å²) in [7, 11) is 0. The molecule has 0 bridgehead atoms. The molecule has 92 valence electrons. The topological polar surface area (TPSA) is 108 Å². The van der Waals surface area contributed by atoms with Crippen LogP contribution >= 0.6 is 0 Å². The van der Waals surface area contributed by atoms with Crippen molar-refractivity contribution in [2.24, 2.45) is 5.84 Å². The minimum atomic E-state index is -0.625. The van der Waals surface area contributed by atoms with Crippen molar-refractivity contribution in [3.05, 3.63) is 24.0 Å². The lowest BCUT2D eigenvalue weighted by atomic mass is 10.3. The van der Waals surface area contributed by atoms with Gasteiger partial charge in [-0.2, -0.15) is 0 Å². The predicted octanol–water partition coefficient (Wildman–Crippen LogP) is -0.617. The SMILES string of the molecule is CCC(=O)N(N)CC(=O)NC(=O)c1cc[nH]c1. The number of rotatable bonds is 4. The summed E-state index contributed by atoms with van der Waals surface area (Å²) in [5.41, 5.74) is 0.337. The number of hydrogen-bond acceptors (Lipinski definition) is 4. The molecule has 7 nitrogen and oxygen atoms in total. The van der Waals surface area contributed by atoms with Crippen LogP contribution < -0.4 is 11.2 Å². The van der Waals surface area contributed by atoms with E-state index in [1.54, 1.807) is 13.1 Å². The number of nitrogens with one attached hydrogen (secondary N) is 2. The molecule has 0 aliphatic rings. The molecule has 0 spiro atoms. The molecule has 0 aromatic carbocycles. The van der Waals surface area contributed by atoms with E-state index in [1.165, 1.54) is 12.3 Å². The number of carbonyl (C=O) groups excluding carboxylic acids is 3. The van der Waals surface area contributed by atoms with Crippen LogP contribution in [0.2, 0.25) is 0 Å². The number of aromatic amines is 1. The van der Waals surface area contributed by atoms with Crippen molar-refractivity contribution < 1.29 is 14.4 Å². The third-order valence-electron chi connectivity index (χ3n) is 2.05. The number of hydrazine groups is 1. The molecule has 0 atom stereocenters. The van der Waals surface area contributed by atoms with Crippen LogP contribution in [0.5, 0.6) is 0 Å². The van der Waals surface area contributed by atoms with E-state index in [-0.39, 0.29) is 18.9 Å². The van der Waals surface area contributed by atoms with E-state index >= 15 is 0 Å². The predicted molar refractivity (Wildman–Crippen MR) is 59.5 cm³/mol. The highest BCUT2D eigenvalue weighted by Gasteiger charge is 2.15. The van der Waals surface area contributed by atoms with Crippen LogP contribution in [0.1, 0.15) is 23.7 Å². The maximum Gasteiger partial charge on any atom is 0.259 e. The summed E-state index contributed by atoms with van der Waals surface area (Å²) in [6, 6.07) is 1.53. The molecular formula is C10H14N4O3. The average molecular weight is 238 g/mol. The van der Waals surface area contributed by atoms with Crippen LogP contribution in [0.4, 0.5) is 0 Å². The zero-order valence-corrected chi connectivity index (χ0v) is 9.40. The van der Waals surface area contributed by atoms with Gasteiger partial charge in [0.25, 0.3) is 5.91 Å². The minimum absolute atomic E-state index is 0.204. The van der Waals surface area contributed by atoms with Gasteiger partial charge in [-0.05, 0) is 6.07 Å². The summed E-state index contributed by atoms with van der Waals surface area (Å²) in [4.78, 5) is 36.6. The van der Waals surface area contributed by atoms with E-state index in [2.05, 4.69) is 10.3 Å². The van der Waals surface area contributed by atoms with E-state index < -0.39 is 11.8 Å². The Hall–Kier alpha value is -2.15. The van der Waals surface area contributed by atoms with Crippen LogP contribution in [-0.2, 0) is 9.59 Å². The van der Waals surface area contributed by atoms with Crippen molar-refractivity contribution in [3.8, 4) is 0 Å². The van der Waals surface area contributed by atoms with Crippen molar-refractivity contribution in [3.63, 3.8) is 0 Å². The normalized spacial score (nSPS) is 9.76. The maximum absolute atomic E-state index is 11.4. The number of hydrogen-bond donors (Lipinski definition) is 3. The van der Waals surface area contributed by atoms with Gasteiger partial charge in [0.15, 0.2) is 0 Å². The Bertz CT molecular complexity index is 413. The Labute approximate surface area is 97.9 Å². The zero-order chi connectivity index (χ0) is 12.8. The lowest BCUT2D eigenvalue weighted by Gasteiger charge is -2.14. The van der Waals surface area contributed by atoms with Crippen molar-refractivity contribution >= 4 is 17.7 Å². The number of nitrogens with zero attached hydrogens (tertiary/aromatic N) is 1. The number of carbonyl (C=O) groups is 3. The van der Waals surface area contributed by atoms with Gasteiger partial charge in [-0.1, -0.05) is 6.92 Å². The zero-order valence-electron chi connectivity index (χ0n) is 9.40. The highest BCUT2D eigenvalue weighted by Crippen LogP contribution is 1.95. The lowest BCUT2D eigenvalue weighted by Crippen LogP contribution is -2.45. The largest absolute Gasteiger partial charge is 0.367 e. The van der Waals surface area contributed by atoms with Gasteiger partial charge < -0.3 is 4.98 Å². The molecule has 1 heterocycles. The first-order valence-corrected chi connectivity index (χ1v) is 5.06. The maximum atomic E-state index is 11.4. The molecule has 4 N–H and O–H groups in total. The molecule has 1 rings (SSSR count). The fraction of sp³-hybridized carbons (Fsp3) is 0.300. The number of H-pyrrole nitrogens is 1. The molecule has 0 fully saturated rings. The fourth-order valence-corrected chi connectivity index (χ4v) is 1.15. The minimum Gasteiger partial charge on any atom is -0.367 e. The second-order valence-corrected chi connectivity index (χ2v) is 3.35. The van der Waals surface area contributed by atoms with Crippen LogP contribution in [-0.4, -0.2) is 34.3 Å². The Morgan fingerprint density at radius 2 is 2.18 bits per heavy atom. The standard InChI is InChI=1S/C10H14N4O3/c1-2-9(16)14(11)6-8(15)13-10(17)7-3-4-12-5-7/h3-5,12H,2,6,11H2,1H3,(H,13,15,17). The highest BCUT2D eigenvalue weighted by molar-refractivity contribution is 6.05. The molecule has 0 saturated carbocycles. The van der Waals surface area contributed by atoms with E-state index in [4.69, 9.17) is 5.84 Å². The smallest absolute Gasteiger partial charge is 0.259 e. The average Bonchev–Trinajstić information content (AvgIpc) is 2.80. The van der Waals surface area contributed by atoms with E-state index in [9.17, 15) is 14.4 Å². The highest BCUT2D eigenvalue weighted by atomic mass is 16.2. The summed E-state index contributed by atoms with van der Waals surface area (Å²) in [6.45, 7) is 1.29. The van der Waals surface area contributed by atoms with Gasteiger partial charge in [0, 0.05) is 18.8 Å². The molecule has 0 aliphatic carbocycles. The van der Waals surface area contributed by atoms with Gasteiger partial charge in [-0.25, -0.2) is 5.84 Å². The molecule has 0 aliphatic heterocycles. The summed E-state index contributed by atoms with van der Waals surface area (Å²) in [6.07, 6.45) is 3.23. The van der Waals surface area contributed by atoms with Crippen LogP contribution in [0.25, 0.3) is 0 Å². The van der Waals surface area contributed by atoms with E-state index in [0.717, 1.165) is 5.01 Å². The van der Waals surface area contributed by atoms with Crippen LogP contribution in [0.3, 0.4) is 0 Å². The Kier molecular flexibility index (Phi) is 4.41. The number of nitrogens with two attached hydrogens (primary N) is 1. The number of aromatic nitrogens is 1. The van der Waals surface area contributed by atoms with Gasteiger partial charge >= 0.3 is 0 Å². The first kappa shape index (κ1) is 12.9. The molecule has 0 saturated heterocycles. The van der Waals surface area contributed by atoms with E-state index in [1.807, 2.05) is 0 Å². The Morgan fingerprint density at radius 1 is 1.47 bits per heavy atom. The molecule has 3 amide bonds. The third-order valence-corrected chi connectivity index (χ3v) is 2.05. The molecule has 0 unspecified atom stereocenters. The number of amides is 3. The summed E-state index contributed by atoms with van der Waals surface area (Å²) < 4.78 is 0. The molecule has 1 aromatic heterocycles. The van der Waals surface area contributed by atoms with Crippen LogP contribution in [0.15, 0.2) is 18.5 Å². The summed E-state index contributed by atoms with van der Waals surface area (Å²) in [5.74, 6) is 3.80. The molecule has 17 heavy (non-hydrogen) atoms. The van der Waals surface area contributed by atoms with E-state index in [0.29, 0.717) is 5.56 Å². The van der Waals surface area contributed by atoms with Crippen LogP contribution in [0, 0.1) is 0 Å². The van der Waals surface area contributed by atoms with Gasteiger partial charge in [0.1, 0.15) is 6.54 Å². The van der Waals surface area contributed by atoms with Gasteiger partial charge in [0.05, 0.1) is 5.56 Å². The summed E-state index contributed by atoms with van der Waals surface area (Å²) in [5, 5.41) is 2.90. The fourth-order valence-electron chi connectivity index (χ4n) is 1.15. The first-order valence-electron chi connectivity index (χ1n) is 5.06. The molecule has 0 radical (unpaired) electrons. The lowest BCUT2D eigenvalue weighted by molar-refractivity contribution is -0.135. The van der Waals surface area contributed by atoms with Crippen molar-refractivity contribution in [2.75, 3.05) is 6.54 Å². The van der Waals surface area contributed by atoms with Crippen molar-refractivity contribution in [2.45, 2.75) is 13.3 Å². The summed E-state index contributed by atoms with van der Waals surface area (Å²) >= 11 is 0.